The number of carboxylic acid groups (broad SMARTS) is 1. The number of carbonyl (C=O) groups excluding carboxylic acids is 1. The van der Waals surface area contributed by atoms with Gasteiger partial charge < -0.3 is 20.6 Å². The molecule has 0 aliphatic heterocycles. The van der Waals surface area contributed by atoms with Crippen molar-refractivity contribution in [2.75, 3.05) is 13.2 Å². The summed E-state index contributed by atoms with van der Waals surface area (Å²) >= 11 is 0. The van der Waals surface area contributed by atoms with Gasteiger partial charge in [-0.15, -0.1) is 0 Å². The minimum atomic E-state index is -1.07. The Kier molecular flexibility index (Phi) is 4.02. The number of hydrogen-bond donors (Lipinski definition) is 4. The van der Waals surface area contributed by atoms with Crippen LogP contribution in [0.15, 0.2) is 0 Å². The molecule has 1 rings (SSSR count). The summed E-state index contributed by atoms with van der Waals surface area (Å²) in [6.07, 6.45) is 0.372. The maximum absolute atomic E-state index is 12.0. The first kappa shape index (κ1) is 14.9. The van der Waals surface area contributed by atoms with Gasteiger partial charge in [-0.05, 0) is 11.8 Å². The quantitative estimate of drug-likeness (QED) is 0.519. The Bertz CT molecular complexity index is 340. The Morgan fingerprint density at radius 1 is 1.22 bits per heavy atom. The van der Waals surface area contributed by atoms with Gasteiger partial charge in [0.25, 0.3) is 0 Å². The van der Waals surface area contributed by atoms with Crippen molar-refractivity contribution in [3.8, 4) is 0 Å². The molecule has 0 aromatic rings. The predicted octanol–water partition coefficient (Wildman–Crippen LogP) is -0.407. The number of nitrogens with one attached hydrogen (secondary N) is 1. The summed E-state index contributed by atoms with van der Waals surface area (Å²) in [4.78, 5) is 23.0. The zero-order valence-electron chi connectivity index (χ0n) is 10.9. The van der Waals surface area contributed by atoms with E-state index in [9.17, 15) is 19.8 Å². The lowest BCUT2D eigenvalue weighted by Gasteiger charge is -2.30. The molecule has 0 aromatic heterocycles. The molecule has 1 saturated carbocycles. The topological polar surface area (TPSA) is 107 Å². The Balaban J connectivity index is 2.76. The molecule has 0 saturated heterocycles. The number of amides is 1. The summed E-state index contributed by atoms with van der Waals surface area (Å²) in [5.41, 5.74) is -1.65. The van der Waals surface area contributed by atoms with Crippen molar-refractivity contribution in [1.29, 1.82) is 0 Å². The summed E-state index contributed by atoms with van der Waals surface area (Å²) in [6, 6.07) is 0. The molecule has 2 atom stereocenters. The van der Waals surface area contributed by atoms with Crippen LogP contribution in [0.25, 0.3) is 0 Å². The number of hydrogen-bond acceptors (Lipinski definition) is 4. The number of carbonyl (C=O) groups is 2. The van der Waals surface area contributed by atoms with Gasteiger partial charge in [0.05, 0.1) is 30.6 Å². The fourth-order valence-electron chi connectivity index (χ4n) is 2.37. The molecular formula is C12H21NO5. The molecular weight excluding hydrogens is 238 g/mol. The van der Waals surface area contributed by atoms with Gasteiger partial charge in [-0.1, -0.05) is 20.8 Å². The summed E-state index contributed by atoms with van der Waals surface area (Å²) in [6.45, 7) is 4.43. The van der Waals surface area contributed by atoms with Crippen LogP contribution in [0.5, 0.6) is 0 Å². The minimum absolute atomic E-state index is 0.372. The lowest BCUT2D eigenvalue weighted by molar-refractivity contribution is -0.140. The lowest BCUT2D eigenvalue weighted by atomic mass is 9.97. The molecule has 0 spiro atoms. The zero-order valence-corrected chi connectivity index (χ0v) is 10.9. The van der Waals surface area contributed by atoms with Crippen molar-refractivity contribution >= 4 is 11.9 Å². The fraction of sp³-hybridized carbons (Fsp3) is 0.833. The smallest absolute Gasteiger partial charge is 0.307 e. The molecule has 6 heteroatoms. The third kappa shape index (κ3) is 2.35. The molecule has 0 unspecified atom stereocenters. The monoisotopic (exact) mass is 259 g/mol. The first-order valence-electron chi connectivity index (χ1n) is 6.02. The number of aliphatic hydroxyl groups excluding tert-OH is 2. The Morgan fingerprint density at radius 3 is 2.00 bits per heavy atom. The molecule has 1 amide bonds. The van der Waals surface area contributed by atoms with Crippen molar-refractivity contribution in [2.45, 2.75) is 32.7 Å². The standard InChI is InChI=1S/C12H21NO5/c1-4-12(5-14,6-15)13-9(16)7-8(10(17)18)11(7,2)3/h7-8,14-15H,4-6H2,1-3H3,(H,13,16)(H,17,18)/t7-,8+/m1/s1. The Morgan fingerprint density at radius 2 is 1.72 bits per heavy atom. The van der Waals surface area contributed by atoms with E-state index < -0.39 is 34.7 Å². The van der Waals surface area contributed by atoms with E-state index in [1.807, 2.05) is 0 Å². The van der Waals surface area contributed by atoms with E-state index in [2.05, 4.69) is 5.32 Å². The molecule has 0 aromatic carbocycles. The van der Waals surface area contributed by atoms with E-state index >= 15 is 0 Å². The Labute approximate surface area is 106 Å². The summed E-state index contributed by atoms with van der Waals surface area (Å²) < 4.78 is 0. The van der Waals surface area contributed by atoms with Crippen LogP contribution < -0.4 is 5.32 Å². The van der Waals surface area contributed by atoms with Crippen LogP contribution in [0.1, 0.15) is 27.2 Å². The summed E-state index contributed by atoms with van der Waals surface area (Å²) in [5.74, 6) is -2.73. The van der Waals surface area contributed by atoms with Gasteiger partial charge in [0.1, 0.15) is 0 Å². The molecule has 1 aliphatic carbocycles. The Hall–Kier alpha value is -1.14. The average Bonchev–Trinajstić information content (AvgIpc) is 2.90. The second-order valence-corrected chi connectivity index (χ2v) is 5.55. The van der Waals surface area contributed by atoms with Gasteiger partial charge in [-0.2, -0.15) is 0 Å². The molecule has 104 valence electrons. The molecule has 0 radical (unpaired) electrons. The molecule has 4 N–H and O–H groups in total. The highest BCUT2D eigenvalue weighted by molar-refractivity contribution is 5.92. The van der Waals surface area contributed by atoms with Crippen LogP contribution in [0, 0.1) is 17.3 Å². The van der Waals surface area contributed by atoms with Gasteiger partial charge in [-0.25, -0.2) is 0 Å². The molecule has 1 fully saturated rings. The maximum atomic E-state index is 12.0. The van der Waals surface area contributed by atoms with Crippen molar-refractivity contribution in [2.24, 2.45) is 17.3 Å². The van der Waals surface area contributed by atoms with E-state index in [0.29, 0.717) is 6.42 Å². The van der Waals surface area contributed by atoms with Gasteiger partial charge in [0.2, 0.25) is 5.91 Å². The van der Waals surface area contributed by atoms with Crippen molar-refractivity contribution < 1.29 is 24.9 Å². The molecule has 6 nitrogen and oxygen atoms in total. The lowest BCUT2D eigenvalue weighted by Crippen LogP contribution is -2.54. The van der Waals surface area contributed by atoms with E-state index in [4.69, 9.17) is 5.11 Å². The van der Waals surface area contributed by atoms with E-state index in [1.54, 1.807) is 20.8 Å². The van der Waals surface area contributed by atoms with E-state index in [0.717, 1.165) is 0 Å². The van der Waals surface area contributed by atoms with Crippen LogP contribution in [0.2, 0.25) is 0 Å². The number of aliphatic hydroxyl groups is 2. The molecule has 18 heavy (non-hydrogen) atoms. The third-order valence-corrected chi connectivity index (χ3v) is 4.05. The normalized spacial score (nSPS) is 25.6. The fourth-order valence-corrected chi connectivity index (χ4v) is 2.37. The highest BCUT2D eigenvalue weighted by Gasteiger charge is 2.66. The first-order valence-corrected chi connectivity index (χ1v) is 6.02. The largest absolute Gasteiger partial charge is 0.481 e. The van der Waals surface area contributed by atoms with Crippen LogP contribution in [-0.2, 0) is 9.59 Å². The average molecular weight is 259 g/mol. The van der Waals surface area contributed by atoms with E-state index in [-0.39, 0.29) is 13.2 Å². The summed E-state index contributed by atoms with van der Waals surface area (Å²) in [7, 11) is 0. The molecule has 0 heterocycles. The van der Waals surface area contributed by atoms with Crippen molar-refractivity contribution in [3.63, 3.8) is 0 Å². The second-order valence-electron chi connectivity index (χ2n) is 5.55. The third-order valence-electron chi connectivity index (χ3n) is 4.05. The minimum Gasteiger partial charge on any atom is -0.481 e. The maximum Gasteiger partial charge on any atom is 0.307 e. The SMILES string of the molecule is CCC(CO)(CO)NC(=O)[C@H]1[C@@H](C(=O)O)C1(C)C. The molecule has 0 bridgehead atoms. The highest BCUT2D eigenvalue weighted by Crippen LogP contribution is 2.58. The summed E-state index contributed by atoms with van der Waals surface area (Å²) in [5, 5.41) is 30.1. The predicted molar refractivity (Wildman–Crippen MR) is 63.7 cm³/mol. The second kappa shape index (κ2) is 4.85. The number of aliphatic carboxylic acids is 1. The van der Waals surface area contributed by atoms with Gasteiger partial charge in [-0.3, -0.25) is 9.59 Å². The van der Waals surface area contributed by atoms with Crippen molar-refractivity contribution in [1.82, 2.24) is 5.32 Å². The van der Waals surface area contributed by atoms with Crippen molar-refractivity contribution in [3.05, 3.63) is 0 Å². The highest BCUT2D eigenvalue weighted by atomic mass is 16.4. The first-order chi connectivity index (χ1) is 8.25. The van der Waals surface area contributed by atoms with Crippen LogP contribution >= 0.6 is 0 Å². The molecule has 1 aliphatic rings. The van der Waals surface area contributed by atoms with Crippen LogP contribution in [0.3, 0.4) is 0 Å². The van der Waals surface area contributed by atoms with Crippen LogP contribution in [0.4, 0.5) is 0 Å². The van der Waals surface area contributed by atoms with Crippen LogP contribution in [-0.4, -0.2) is 45.9 Å². The number of rotatable bonds is 6. The van der Waals surface area contributed by atoms with Gasteiger partial charge >= 0.3 is 5.97 Å². The zero-order chi connectivity index (χ0) is 14.1. The number of carboxylic acids is 1. The van der Waals surface area contributed by atoms with Gasteiger partial charge in [0.15, 0.2) is 0 Å². The van der Waals surface area contributed by atoms with E-state index in [1.165, 1.54) is 0 Å². The van der Waals surface area contributed by atoms with Gasteiger partial charge in [0, 0.05) is 0 Å².